The Morgan fingerprint density at radius 2 is 1.94 bits per heavy atom. The van der Waals surface area contributed by atoms with Crippen LogP contribution >= 0.6 is 0 Å². The molecule has 0 saturated heterocycles. The SMILES string of the molecule is CCOCCCC(=O)NC1CCC(C(=O)O)CC1. The molecule has 0 aromatic carbocycles. The second kappa shape index (κ2) is 8.08. The lowest BCUT2D eigenvalue weighted by atomic mass is 9.86. The Kier molecular flexibility index (Phi) is 6.72. The van der Waals surface area contributed by atoms with E-state index < -0.39 is 5.97 Å². The van der Waals surface area contributed by atoms with Crippen molar-refractivity contribution in [2.45, 2.75) is 51.5 Å². The van der Waals surface area contributed by atoms with Crippen molar-refractivity contribution < 1.29 is 19.4 Å². The molecule has 0 bridgehead atoms. The summed E-state index contributed by atoms with van der Waals surface area (Å²) in [5.41, 5.74) is 0. The average Bonchev–Trinajstić information content (AvgIpc) is 2.35. The fourth-order valence-electron chi connectivity index (χ4n) is 2.26. The van der Waals surface area contributed by atoms with Gasteiger partial charge >= 0.3 is 5.97 Å². The number of hydrogen-bond donors (Lipinski definition) is 2. The van der Waals surface area contributed by atoms with Crippen molar-refractivity contribution in [3.8, 4) is 0 Å². The lowest BCUT2D eigenvalue weighted by Gasteiger charge is -2.26. The third-order valence-electron chi connectivity index (χ3n) is 3.34. The fourth-order valence-corrected chi connectivity index (χ4v) is 2.26. The van der Waals surface area contributed by atoms with Crippen molar-refractivity contribution in [2.24, 2.45) is 5.92 Å². The Bertz CT molecular complexity index is 272. The molecule has 1 fully saturated rings. The van der Waals surface area contributed by atoms with Gasteiger partial charge in [-0.3, -0.25) is 9.59 Å². The third kappa shape index (κ3) is 5.49. The summed E-state index contributed by atoms with van der Waals surface area (Å²) in [5, 5.41) is 11.8. The first-order valence-electron chi connectivity index (χ1n) is 6.73. The van der Waals surface area contributed by atoms with Crippen LogP contribution < -0.4 is 5.32 Å². The van der Waals surface area contributed by atoms with Gasteiger partial charge in [0.25, 0.3) is 0 Å². The van der Waals surface area contributed by atoms with Gasteiger partial charge in [-0.15, -0.1) is 0 Å². The van der Waals surface area contributed by atoms with E-state index in [1.165, 1.54) is 0 Å². The summed E-state index contributed by atoms with van der Waals surface area (Å²) in [5.74, 6) is -0.888. The Morgan fingerprint density at radius 3 is 2.50 bits per heavy atom. The summed E-state index contributed by atoms with van der Waals surface area (Å²) in [6.45, 7) is 3.23. The van der Waals surface area contributed by atoms with Crippen LogP contribution in [0, 0.1) is 5.92 Å². The largest absolute Gasteiger partial charge is 0.481 e. The first-order valence-corrected chi connectivity index (χ1v) is 6.73. The van der Waals surface area contributed by atoms with E-state index in [9.17, 15) is 9.59 Å². The maximum Gasteiger partial charge on any atom is 0.306 e. The molecule has 2 N–H and O–H groups in total. The molecular weight excluding hydrogens is 234 g/mol. The van der Waals surface area contributed by atoms with Crippen LogP contribution in [-0.2, 0) is 14.3 Å². The van der Waals surface area contributed by atoms with E-state index in [0.29, 0.717) is 32.5 Å². The van der Waals surface area contributed by atoms with Gasteiger partial charge in [-0.1, -0.05) is 0 Å². The Morgan fingerprint density at radius 1 is 1.28 bits per heavy atom. The molecular formula is C13H23NO4. The topological polar surface area (TPSA) is 75.6 Å². The number of hydrogen-bond acceptors (Lipinski definition) is 3. The molecule has 1 aliphatic carbocycles. The maximum atomic E-state index is 11.6. The highest BCUT2D eigenvalue weighted by Crippen LogP contribution is 2.24. The summed E-state index contributed by atoms with van der Waals surface area (Å²) in [6, 6.07) is 0.153. The zero-order chi connectivity index (χ0) is 13.4. The van der Waals surface area contributed by atoms with Gasteiger partial charge in [-0.05, 0) is 39.0 Å². The molecule has 5 heteroatoms. The van der Waals surface area contributed by atoms with Gasteiger partial charge in [0.05, 0.1) is 5.92 Å². The molecule has 0 heterocycles. The molecule has 0 atom stereocenters. The van der Waals surface area contributed by atoms with Crippen molar-refractivity contribution >= 4 is 11.9 Å². The number of carboxylic acids is 1. The zero-order valence-electron chi connectivity index (χ0n) is 11.0. The number of ether oxygens (including phenoxy) is 1. The molecule has 1 amide bonds. The number of aliphatic carboxylic acids is 1. The third-order valence-corrected chi connectivity index (χ3v) is 3.34. The van der Waals surface area contributed by atoms with Crippen molar-refractivity contribution in [3.05, 3.63) is 0 Å². The summed E-state index contributed by atoms with van der Waals surface area (Å²) < 4.78 is 5.17. The summed E-state index contributed by atoms with van der Waals surface area (Å²) in [4.78, 5) is 22.4. The second-order valence-corrected chi connectivity index (χ2v) is 4.75. The molecule has 104 valence electrons. The summed E-state index contributed by atoms with van der Waals surface area (Å²) >= 11 is 0. The van der Waals surface area contributed by atoms with E-state index in [1.807, 2.05) is 6.92 Å². The fraction of sp³-hybridized carbons (Fsp3) is 0.846. The monoisotopic (exact) mass is 257 g/mol. The molecule has 5 nitrogen and oxygen atoms in total. The molecule has 1 aliphatic rings. The molecule has 0 aromatic heterocycles. The molecule has 18 heavy (non-hydrogen) atoms. The number of carbonyl (C=O) groups is 2. The van der Waals surface area contributed by atoms with Crippen LogP contribution in [0.3, 0.4) is 0 Å². The molecule has 0 radical (unpaired) electrons. The summed E-state index contributed by atoms with van der Waals surface area (Å²) in [7, 11) is 0. The number of nitrogens with one attached hydrogen (secondary N) is 1. The van der Waals surface area contributed by atoms with Gasteiger partial charge in [0.15, 0.2) is 0 Å². The Balaban J connectivity index is 2.12. The molecule has 0 spiro atoms. The first kappa shape index (κ1) is 15.0. The van der Waals surface area contributed by atoms with Gasteiger partial charge in [-0.2, -0.15) is 0 Å². The average molecular weight is 257 g/mol. The van der Waals surface area contributed by atoms with Gasteiger partial charge in [-0.25, -0.2) is 0 Å². The van der Waals surface area contributed by atoms with Gasteiger partial charge in [0.2, 0.25) is 5.91 Å². The smallest absolute Gasteiger partial charge is 0.306 e. The molecule has 0 unspecified atom stereocenters. The van der Waals surface area contributed by atoms with E-state index in [1.54, 1.807) is 0 Å². The molecule has 1 saturated carbocycles. The predicted octanol–water partition coefficient (Wildman–Crippen LogP) is 1.56. The molecule has 1 rings (SSSR count). The minimum atomic E-state index is -0.712. The Hall–Kier alpha value is -1.10. The van der Waals surface area contributed by atoms with Crippen LogP contribution in [-0.4, -0.2) is 36.2 Å². The predicted molar refractivity (Wildman–Crippen MR) is 67.3 cm³/mol. The van der Waals surface area contributed by atoms with Gasteiger partial charge in [0.1, 0.15) is 0 Å². The minimum Gasteiger partial charge on any atom is -0.481 e. The van der Waals surface area contributed by atoms with Crippen LogP contribution in [0.2, 0.25) is 0 Å². The normalized spacial score (nSPS) is 23.6. The lowest BCUT2D eigenvalue weighted by Crippen LogP contribution is -2.38. The number of carbonyl (C=O) groups excluding carboxylic acids is 1. The van der Waals surface area contributed by atoms with E-state index in [4.69, 9.17) is 9.84 Å². The first-order chi connectivity index (χ1) is 8.63. The lowest BCUT2D eigenvalue weighted by molar-refractivity contribution is -0.142. The van der Waals surface area contributed by atoms with Crippen LogP contribution in [0.4, 0.5) is 0 Å². The van der Waals surface area contributed by atoms with Crippen molar-refractivity contribution in [1.29, 1.82) is 0 Å². The highest BCUT2D eigenvalue weighted by molar-refractivity contribution is 5.76. The second-order valence-electron chi connectivity index (χ2n) is 4.75. The highest BCUT2D eigenvalue weighted by atomic mass is 16.5. The van der Waals surface area contributed by atoms with Gasteiger partial charge in [0, 0.05) is 25.7 Å². The van der Waals surface area contributed by atoms with Crippen LogP contribution in [0.5, 0.6) is 0 Å². The Labute approximate surface area is 108 Å². The van der Waals surface area contributed by atoms with E-state index in [0.717, 1.165) is 19.3 Å². The number of amides is 1. The van der Waals surface area contributed by atoms with E-state index in [-0.39, 0.29) is 17.9 Å². The van der Waals surface area contributed by atoms with Crippen molar-refractivity contribution in [2.75, 3.05) is 13.2 Å². The van der Waals surface area contributed by atoms with Gasteiger partial charge < -0.3 is 15.2 Å². The standard InChI is InChI=1S/C13H23NO4/c1-2-18-9-3-4-12(15)14-11-7-5-10(6-8-11)13(16)17/h10-11H,2-9H2,1H3,(H,14,15)(H,16,17). The summed E-state index contributed by atoms with van der Waals surface area (Å²) in [6.07, 6.45) is 4.10. The number of rotatable bonds is 7. The highest BCUT2D eigenvalue weighted by Gasteiger charge is 2.26. The van der Waals surface area contributed by atoms with E-state index in [2.05, 4.69) is 5.32 Å². The van der Waals surface area contributed by atoms with Crippen LogP contribution in [0.25, 0.3) is 0 Å². The number of carboxylic acid groups (broad SMARTS) is 1. The van der Waals surface area contributed by atoms with Crippen LogP contribution in [0.15, 0.2) is 0 Å². The van der Waals surface area contributed by atoms with Crippen molar-refractivity contribution in [3.63, 3.8) is 0 Å². The quantitative estimate of drug-likeness (QED) is 0.679. The van der Waals surface area contributed by atoms with E-state index >= 15 is 0 Å². The van der Waals surface area contributed by atoms with Crippen molar-refractivity contribution in [1.82, 2.24) is 5.32 Å². The zero-order valence-corrected chi connectivity index (χ0v) is 11.0. The molecule has 0 aromatic rings. The minimum absolute atomic E-state index is 0.0495. The maximum absolute atomic E-state index is 11.6. The molecule has 0 aliphatic heterocycles. The van der Waals surface area contributed by atoms with Crippen LogP contribution in [0.1, 0.15) is 45.4 Å².